The Hall–Kier alpha value is -9.06. The summed E-state index contributed by atoms with van der Waals surface area (Å²) in [6.45, 7) is 13.3. The summed E-state index contributed by atoms with van der Waals surface area (Å²) >= 11 is 0. The van der Waals surface area contributed by atoms with E-state index in [1.807, 2.05) is 24.3 Å². The molecule has 5 nitrogen and oxygen atoms in total. The van der Waals surface area contributed by atoms with Crippen molar-refractivity contribution >= 4 is 21.8 Å². The number of aryl methyl sites for hydroxylation is 6. The van der Waals surface area contributed by atoms with Crippen molar-refractivity contribution in [3.63, 3.8) is 0 Å². The Bertz CT molecular complexity index is 3790. The fourth-order valence-electron chi connectivity index (χ4n) is 11.1. The number of aromatic nitrogens is 5. The van der Waals surface area contributed by atoms with Crippen molar-refractivity contribution in [2.75, 3.05) is 0 Å². The van der Waals surface area contributed by atoms with Gasteiger partial charge in [-0.25, -0.2) is 19.9 Å². The fraction of sp³-hybridized carbons (Fsp3) is 0.0882. The molecule has 0 aliphatic rings. The van der Waals surface area contributed by atoms with E-state index in [-0.39, 0.29) is 0 Å². The van der Waals surface area contributed by atoms with E-state index >= 15 is 0 Å². The maximum absolute atomic E-state index is 5.49. The summed E-state index contributed by atoms with van der Waals surface area (Å²) in [6.07, 6.45) is 0. The first kappa shape index (κ1) is 45.1. The van der Waals surface area contributed by atoms with Crippen LogP contribution in [0.25, 0.3) is 118 Å². The number of rotatable bonds is 9. The monoisotopic (exact) mass is 939 g/mol. The van der Waals surface area contributed by atoms with Crippen molar-refractivity contribution in [1.29, 1.82) is 0 Å². The first-order valence-corrected chi connectivity index (χ1v) is 25.0. The Morgan fingerprint density at radius 3 is 1.00 bits per heavy atom. The van der Waals surface area contributed by atoms with Crippen molar-refractivity contribution in [3.8, 4) is 95.7 Å². The van der Waals surface area contributed by atoms with Gasteiger partial charge >= 0.3 is 0 Å². The van der Waals surface area contributed by atoms with E-state index in [0.717, 1.165) is 72.9 Å². The molecule has 0 amide bonds. The molecule has 12 aromatic rings. The predicted molar refractivity (Wildman–Crippen MR) is 304 cm³/mol. The van der Waals surface area contributed by atoms with Gasteiger partial charge in [-0.3, -0.25) is 0 Å². The third-order valence-corrected chi connectivity index (χ3v) is 14.2. The molecule has 0 spiro atoms. The number of benzene rings is 9. The van der Waals surface area contributed by atoms with E-state index in [0.29, 0.717) is 11.6 Å². The van der Waals surface area contributed by atoms with E-state index in [1.54, 1.807) is 0 Å². The molecule has 12 rings (SSSR count). The number of hydrogen-bond acceptors (Lipinski definition) is 4. The van der Waals surface area contributed by atoms with Crippen LogP contribution in [0.3, 0.4) is 0 Å². The van der Waals surface area contributed by atoms with E-state index in [2.05, 4.69) is 234 Å². The van der Waals surface area contributed by atoms with Crippen molar-refractivity contribution in [2.45, 2.75) is 41.5 Å². The summed E-state index contributed by atoms with van der Waals surface area (Å²) in [6, 6.07) is 75.4. The number of fused-ring (bicyclic) bond motifs is 3. The molecule has 0 aliphatic carbocycles. The van der Waals surface area contributed by atoms with Gasteiger partial charge in [0.05, 0.1) is 39.5 Å². The summed E-state index contributed by atoms with van der Waals surface area (Å²) in [5.41, 5.74) is 24.8. The summed E-state index contributed by atoms with van der Waals surface area (Å²) in [4.78, 5) is 21.6. The first-order valence-electron chi connectivity index (χ1n) is 25.0. The maximum atomic E-state index is 5.49. The molecule has 0 saturated carbocycles. The molecule has 0 saturated heterocycles. The van der Waals surface area contributed by atoms with Crippen molar-refractivity contribution in [1.82, 2.24) is 24.5 Å². The van der Waals surface area contributed by atoms with E-state index < -0.39 is 0 Å². The molecule has 0 aliphatic heterocycles. The lowest BCUT2D eigenvalue weighted by molar-refractivity contribution is 1.13. The Morgan fingerprint density at radius 1 is 0.288 bits per heavy atom. The lowest BCUT2D eigenvalue weighted by atomic mass is 9.91. The third kappa shape index (κ3) is 8.49. The SMILES string of the molecule is Cc1cc(C)c(-c2ccc3c(c2)c2cc(-c4c(C)cc(C)cc4C)ccc2n3-c2ccc(-c3nc(-c4ccccc4)cc(-c4ccccc4)n3)cc2-c2nc(-c3ccccc3)cc(-c3ccccc3)n2)c(C)c1. The molecule has 9 aromatic carbocycles. The minimum absolute atomic E-state index is 0.597. The Morgan fingerprint density at radius 2 is 0.630 bits per heavy atom. The molecule has 3 heterocycles. The normalized spacial score (nSPS) is 11.4. The second-order valence-electron chi connectivity index (χ2n) is 19.5. The zero-order valence-corrected chi connectivity index (χ0v) is 41.9. The molecule has 350 valence electrons. The van der Waals surface area contributed by atoms with Gasteiger partial charge in [0, 0.05) is 44.2 Å². The molecule has 3 aromatic heterocycles. The van der Waals surface area contributed by atoms with Gasteiger partial charge in [-0.15, -0.1) is 0 Å². The van der Waals surface area contributed by atoms with Crippen LogP contribution >= 0.6 is 0 Å². The smallest absolute Gasteiger partial charge is 0.162 e. The highest BCUT2D eigenvalue weighted by atomic mass is 15.0. The average molecular weight is 940 g/mol. The van der Waals surface area contributed by atoms with E-state index in [1.165, 1.54) is 66.4 Å². The highest BCUT2D eigenvalue weighted by Crippen LogP contribution is 2.43. The standard InChI is InChI=1S/C68H53N5/c1-42-33-44(3)65(45(4)34-42)52-27-30-62-55(37-52)56-38-53(66-46(5)35-43(2)36-47(66)6)28-31-63(56)73(62)64-32-29-54(67-69-58(48-19-11-7-12-20-48)40-59(70-67)49-21-13-8-14-22-49)39-57(64)68-71-60(50-23-15-9-16-24-50)41-61(72-68)51-25-17-10-18-26-51/h7-41H,1-6H3. The topological polar surface area (TPSA) is 56.5 Å². The van der Waals surface area contributed by atoms with Crippen LogP contribution in [0.1, 0.15) is 33.4 Å². The molecule has 0 fully saturated rings. The van der Waals surface area contributed by atoms with Gasteiger partial charge in [0.25, 0.3) is 0 Å². The molecule has 0 radical (unpaired) electrons. The molecule has 73 heavy (non-hydrogen) atoms. The zero-order chi connectivity index (χ0) is 49.7. The quantitative estimate of drug-likeness (QED) is 0.145. The fourth-order valence-corrected chi connectivity index (χ4v) is 11.1. The Kier molecular flexibility index (Phi) is 11.5. The van der Waals surface area contributed by atoms with Gasteiger partial charge in [0.2, 0.25) is 0 Å². The lowest BCUT2D eigenvalue weighted by Crippen LogP contribution is -2.03. The first-order chi connectivity index (χ1) is 35.6. The zero-order valence-electron chi connectivity index (χ0n) is 41.9. The number of nitrogens with zero attached hydrogens (tertiary/aromatic N) is 5. The summed E-state index contributed by atoms with van der Waals surface area (Å²) in [7, 11) is 0. The van der Waals surface area contributed by atoms with E-state index in [4.69, 9.17) is 19.9 Å². The van der Waals surface area contributed by atoms with Crippen molar-refractivity contribution < 1.29 is 0 Å². The highest BCUT2D eigenvalue weighted by molar-refractivity contribution is 6.12. The van der Waals surface area contributed by atoms with Gasteiger partial charge in [-0.1, -0.05) is 169 Å². The van der Waals surface area contributed by atoms with Gasteiger partial charge < -0.3 is 4.57 Å². The van der Waals surface area contributed by atoms with Crippen LogP contribution in [0.5, 0.6) is 0 Å². The van der Waals surface area contributed by atoms with E-state index in [9.17, 15) is 0 Å². The molecule has 5 heteroatoms. The van der Waals surface area contributed by atoms with Crippen LogP contribution < -0.4 is 0 Å². The third-order valence-electron chi connectivity index (χ3n) is 14.2. The largest absolute Gasteiger partial charge is 0.308 e. The second kappa shape index (κ2) is 18.6. The van der Waals surface area contributed by atoms with Crippen LogP contribution in [0, 0.1) is 41.5 Å². The predicted octanol–water partition coefficient (Wildman–Crippen LogP) is 17.6. The molecule has 0 N–H and O–H groups in total. The van der Waals surface area contributed by atoms with Crippen molar-refractivity contribution in [3.05, 3.63) is 246 Å². The maximum Gasteiger partial charge on any atom is 0.162 e. The lowest BCUT2D eigenvalue weighted by Gasteiger charge is -2.17. The molecule has 0 atom stereocenters. The molecule has 0 unspecified atom stereocenters. The van der Waals surface area contributed by atoms with Crippen LogP contribution in [0.15, 0.2) is 212 Å². The van der Waals surface area contributed by atoms with Crippen LogP contribution in [0.4, 0.5) is 0 Å². The van der Waals surface area contributed by atoms with Crippen molar-refractivity contribution in [2.24, 2.45) is 0 Å². The second-order valence-corrected chi connectivity index (χ2v) is 19.5. The average Bonchev–Trinajstić information content (AvgIpc) is 3.73. The molecular weight excluding hydrogens is 887 g/mol. The minimum atomic E-state index is 0.597. The summed E-state index contributed by atoms with van der Waals surface area (Å²) in [5.74, 6) is 1.21. The van der Waals surface area contributed by atoms with Crippen LogP contribution in [-0.4, -0.2) is 24.5 Å². The minimum Gasteiger partial charge on any atom is -0.308 e. The molecule has 0 bridgehead atoms. The highest BCUT2D eigenvalue weighted by Gasteiger charge is 2.23. The van der Waals surface area contributed by atoms with Gasteiger partial charge in [0.1, 0.15) is 0 Å². The van der Waals surface area contributed by atoms with Gasteiger partial charge in [0.15, 0.2) is 11.6 Å². The number of hydrogen-bond donors (Lipinski definition) is 0. The Labute approximate surface area is 427 Å². The van der Waals surface area contributed by atoms with Crippen LogP contribution in [-0.2, 0) is 0 Å². The Balaban J connectivity index is 1.16. The van der Waals surface area contributed by atoms with Gasteiger partial charge in [-0.05, 0) is 141 Å². The van der Waals surface area contributed by atoms with Crippen LogP contribution in [0.2, 0.25) is 0 Å². The van der Waals surface area contributed by atoms with Gasteiger partial charge in [-0.2, -0.15) is 0 Å². The summed E-state index contributed by atoms with van der Waals surface area (Å²) < 4.78 is 2.42. The molecular formula is C68H53N5. The summed E-state index contributed by atoms with van der Waals surface area (Å²) in [5, 5.41) is 2.34.